The van der Waals surface area contributed by atoms with Crippen LogP contribution in [0.2, 0.25) is 5.15 Å². The van der Waals surface area contributed by atoms with Crippen LogP contribution in [0.15, 0.2) is 16.2 Å². The van der Waals surface area contributed by atoms with Crippen molar-refractivity contribution in [3.63, 3.8) is 0 Å². The van der Waals surface area contributed by atoms with Crippen LogP contribution in [-0.4, -0.2) is 19.9 Å². The average molecular weight is 295 g/mol. The minimum absolute atomic E-state index is 0.454. The van der Waals surface area contributed by atoms with E-state index in [1.807, 2.05) is 27.7 Å². The second-order valence-corrected chi connectivity index (χ2v) is 5.58. The van der Waals surface area contributed by atoms with Crippen LogP contribution in [-0.2, 0) is 6.42 Å². The minimum Gasteiger partial charge on any atom is -0.227 e. The molecule has 0 saturated carbocycles. The quantitative estimate of drug-likeness (QED) is 0.640. The number of aromatic nitrogens is 4. The van der Waals surface area contributed by atoms with Gasteiger partial charge in [-0.1, -0.05) is 18.5 Å². The third-order valence-electron chi connectivity index (χ3n) is 2.84. The first-order valence-electron chi connectivity index (χ1n) is 6.02. The highest BCUT2D eigenvalue weighted by Crippen LogP contribution is 2.26. The van der Waals surface area contributed by atoms with E-state index < -0.39 is 0 Å². The smallest absolute Gasteiger partial charge is 0.194 e. The van der Waals surface area contributed by atoms with Gasteiger partial charge >= 0.3 is 0 Å². The molecule has 2 aromatic rings. The summed E-state index contributed by atoms with van der Waals surface area (Å²) in [6, 6.07) is 1.74. The SMILES string of the molecule is CCc1nc(Cl)cc(Sc2nc(C)c(C)c(C)n2)n1. The number of nitrogens with zero attached hydrogens (tertiary/aromatic N) is 4. The molecule has 0 saturated heterocycles. The van der Waals surface area contributed by atoms with E-state index in [1.54, 1.807) is 6.07 Å². The molecule has 0 aliphatic carbocycles. The molecule has 0 bridgehead atoms. The predicted octanol–water partition coefficient (Wildman–Crippen LogP) is 3.56. The maximum absolute atomic E-state index is 5.98. The monoisotopic (exact) mass is 294 g/mol. The molecule has 2 heterocycles. The maximum Gasteiger partial charge on any atom is 0.194 e. The Bertz CT molecular complexity index is 593. The average Bonchev–Trinajstić information content (AvgIpc) is 2.35. The largest absolute Gasteiger partial charge is 0.227 e. The lowest BCUT2D eigenvalue weighted by Crippen LogP contribution is -1.99. The van der Waals surface area contributed by atoms with Gasteiger partial charge in [0.1, 0.15) is 16.0 Å². The standard InChI is InChI=1S/C13H15ClN4S/c1-5-11-17-10(14)6-12(18-11)19-13-15-8(3)7(2)9(4)16-13/h6H,5H2,1-4H3. The second kappa shape index (κ2) is 5.84. The molecule has 2 aromatic heterocycles. The molecule has 0 aromatic carbocycles. The Morgan fingerprint density at radius 1 is 1.05 bits per heavy atom. The molecule has 0 N–H and O–H groups in total. The minimum atomic E-state index is 0.454. The van der Waals surface area contributed by atoms with Gasteiger partial charge in [-0.05, 0) is 38.1 Å². The van der Waals surface area contributed by atoms with Crippen molar-refractivity contribution in [2.24, 2.45) is 0 Å². The lowest BCUT2D eigenvalue weighted by Gasteiger charge is -2.07. The van der Waals surface area contributed by atoms with Gasteiger partial charge in [-0.25, -0.2) is 19.9 Å². The fraction of sp³-hybridized carbons (Fsp3) is 0.385. The summed E-state index contributed by atoms with van der Waals surface area (Å²) in [5, 5.41) is 1.92. The van der Waals surface area contributed by atoms with Gasteiger partial charge in [0.05, 0.1) is 0 Å². The molecule has 19 heavy (non-hydrogen) atoms. The molecule has 100 valence electrons. The van der Waals surface area contributed by atoms with Gasteiger partial charge in [-0.3, -0.25) is 0 Å². The Kier molecular flexibility index (Phi) is 4.37. The zero-order valence-corrected chi connectivity index (χ0v) is 12.9. The van der Waals surface area contributed by atoms with E-state index in [1.165, 1.54) is 11.8 Å². The van der Waals surface area contributed by atoms with E-state index in [0.29, 0.717) is 10.3 Å². The summed E-state index contributed by atoms with van der Waals surface area (Å²) in [6.45, 7) is 7.99. The van der Waals surface area contributed by atoms with Gasteiger partial charge in [0.15, 0.2) is 5.16 Å². The van der Waals surface area contributed by atoms with E-state index in [2.05, 4.69) is 19.9 Å². The predicted molar refractivity (Wildman–Crippen MR) is 76.8 cm³/mol. The van der Waals surface area contributed by atoms with E-state index in [9.17, 15) is 0 Å². The zero-order chi connectivity index (χ0) is 14.0. The highest BCUT2D eigenvalue weighted by atomic mass is 35.5. The van der Waals surface area contributed by atoms with Crippen LogP contribution in [0.5, 0.6) is 0 Å². The summed E-state index contributed by atoms with van der Waals surface area (Å²) in [6.07, 6.45) is 0.751. The molecule has 0 fully saturated rings. The molecule has 0 radical (unpaired) electrons. The van der Waals surface area contributed by atoms with Crippen molar-refractivity contribution in [3.05, 3.63) is 34.0 Å². The Balaban J connectivity index is 2.33. The van der Waals surface area contributed by atoms with Gasteiger partial charge in [0.2, 0.25) is 0 Å². The number of hydrogen-bond donors (Lipinski definition) is 0. The molecular weight excluding hydrogens is 280 g/mol. The van der Waals surface area contributed by atoms with Crippen LogP contribution in [0.4, 0.5) is 0 Å². The lowest BCUT2D eigenvalue weighted by atomic mass is 10.2. The molecule has 0 spiro atoms. The van der Waals surface area contributed by atoms with Crippen molar-refractivity contribution in [1.82, 2.24) is 19.9 Å². The van der Waals surface area contributed by atoms with Crippen molar-refractivity contribution >= 4 is 23.4 Å². The van der Waals surface area contributed by atoms with Crippen molar-refractivity contribution < 1.29 is 0 Å². The summed E-state index contributed by atoms with van der Waals surface area (Å²) in [5.41, 5.74) is 3.11. The van der Waals surface area contributed by atoms with Crippen LogP contribution in [0.25, 0.3) is 0 Å². The van der Waals surface area contributed by atoms with Gasteiger partial charge in [0, 0.05) is 23.9 Å². The van der Waals surface area contributed by atoms with Crippen LogP contribution < -0.4 is 0 Å². The highest BCUT2D eigenvalue weighted by Gasteiger charge is 2.09. The zero-order valence-electron chi connectivity index (χ0n) is 11.4. The number of aryl methyl sites for hydroxylation is 3. The van der Waals surface area contributed by atoms with Crippen molar-refractivity contribution in [1.29, 1.82) is 0 Å². The summed E-state index contributed by atoms with van der Waals surface area (Å²) in [4.78, 5) is 17.5. The summed E-state index contributed by atoms with van der Waals surface area (Å²) in [5.74, 6) is 0.732. The molecule has 0 atom stereocenters. The van der Waals surface area contributed by atoms with E-state index in [-0.39, 0.29) is 0 Å². The molecule has 0 aliphatic heterocycles. The van der Waals surface area contributed by atoms with Gasteiger partial charge in [-0.2, -0.15) is 0 Å². The molecule has 4 nitrogen and oxygen atoms in total. The summed E-state index contributed by atoms with van der Waals surface area (Å²) < 4.78 is 0. The van der Waals surface area contributed by atoms with E-state index in [4.69, 9.17) is 11.6 Å². The topological polar surface area (TPSA) is 51.6 Å². The Morgan fingerprint density at radius 2 is 1.68 bits per heavy atom. The molecule has 6 heteroatoms. The normalized spacial score (nSPS) is 10.8. The Morgan fingerprint density at radius 3 is 2.26 bits per heavy atom. The molecule has 0 unspecified atom stereocenters. The van der Waals surface area contributed by atoms with Crippen molar-refractivity contribution in [3.8, 4) is 0 Å². The Labute approximate surface area is 122 Å². The number of rotatable bonds is 3. The Hall–Kier alpha value is -1.20. The summed E-state index contributed by atoms with van der Waals surface area (Å²) >= 11 is 7.39. The van der Waals surface area contributed by atoms with E-state index >= 15 is 0 Å². The van der Waals surface area contributed by atoms with Crippen LogP contribution >= 0.6 is 23.4 Å². The highest BCUT2D eigenvalue weighted by molar-refractivity contribution is 7.99. The lowest BCUT2D eigenvalue weighted by molar-refractivity contribution is 0.863. The fourth-order valence-corrected chi connectivity index (χ4v) is 2.67. The van der Waals surface area contributed by atoms with Gasteiger partial charge < -0.3 is 0 Å². The first-order valence-corrected chi connectivity index (χ1v) is 7.22. The van der Waals surface area contributed by atoms with Crippen molar-refractivity contribution in [2.45, 2.75) is 44.3 Å². The van der Waals surface area contributed by atoms with Gasteiger partial charge in [-0.15, -0.1) is 0 Å². The van der Waals surface area contributed by atoms with Crippen LogP contribution in [0.3, 0.4) is 0 Å². The third-order valence-corrected chi connectivity index (χ3v) is 3.82. The first kappa shape index (κ1) is 14.2. The molecule has 0 aliphatic rings. The molecule has 2 rings (SSSR count). The molecule has 0 amide bonds. The third kappa shape index (κ3) is 3.42. The van der Waals surface area contributed by atoms with Crippen LogP contribution in [0.1, 0.15) is 29.7 Å². The van der Waals surface area contributed by atoms with Gasteiger partial charge in [0.25, 0.3) is 0 Å². The van der Waals surface area contributed by atoms with E-state index in [0.717, 1.165) is 34.2 Å². The number of hydrogen-bond acceptors (Lipinski definition) is 5. The first-order chi connectivity index (χ1) is 8.99. The second-order valence-electron chi connectivity index (χ2n) is 4.20. The number of halogens is 1. The molecular formula is C13H15ClN4S. The maximum atomic E-state index is 5.98. The van der Waals surface area contributed by atoms with Crippen LogP contribution in [0, 0.1) is 20.8 Å². The van der Waals surface area contributed by atoms with Crippen molar-refractivity contribution in [2.75, 3.05) is 0 Å². The fourth-order valence-electron chi connectivity index (χ4n) is 1.53. The summed E-state index contributed by atoms with van der Waals surface area (Å²) in [7, 11) is 0.